The highest BCUT2D eigenvalue weighted by molar-refractivity contribution is 5.30. The second-order valence-corrected chi connectivity index (χ2v) is 4.79. The number of nitrogens with zero attached hydrogens (tertiary/aromatic N) is 3. The zero-order valence-corrected chi connectivity index (χ0v) is 12.3. The maximum Gasteiger partial charge on any atom is 0.217 e. The van der Waals surface area contributed by atoms with E-state index in [-0.39, 0.29) is 6.04 Å². The highest BCUT2D eigenvalue weighted by Crippen LogP contribution is 2.25. The molecule has 0 aliphatic heterocycles. The predicted octanol–water partition coefficient (Wildman–Crippen LogP) is 2.11. The average Bonchev–Trinajstić information content (AvgIpc) is 2.88. The Hall–Kier alpha value is -1.88. The van der Waals surface area contributed by atoms with Crippen LogP contribution in [0.5, 0.6) is 5.88 Å². The second kappa shape index (κ2) is 7.05. The van der Waals surface area contributed by atoms with E-state index >= 15 is 0 Å². The standard InChI is InChI=1S/C15H22N4O/c1-4-8-16-14(11-12-7-10-19(2)18-12)13-6-5-9-17-15(13)20-3/h5-7,9-10,14,16H,4,8,11H2,1-3H3. The lowest BCUT2D eigenvalue weighted by atomic mass is 10.0. The molecule has 0 spiro atoms. The molecule has 108 valence electrons. The Bertz CT molecular complexity index is 538. The molecule has 0 amide bonds. The molecule has 5 nitrogen and oxygen atoms in total. The van der Waals surface area contributed by atoms with Gasteiger partial charge in [0.1, 0.15) is 0 Å². The number of hydrogen-bond donors (Lipinski definition) is 1. The van der Waals surface area contributed by atoms with E-state index in [2.05, 4.69) is 28.4 Å². The van der Waals surface area contributed by atoms with Gasteiger partial charge in [-0.25, -0.2) is 4.98 Å². The van der Waals surface area contributed by atoms with Gasteiger partial charge < -0.3 is 10.1 Å². The van der Waals surface area contributed by atoms with E-state index in [1.807, 2.05) is 30.1 Å². The first-order chi connectivity index (χ1) is 9.74. The van der Waals surface area contributed by atoms with Crippen molar-refractivity contribution in [2.75, 3.05) is 13.7 Å². The number of hydrogen-bond acceptors (Lipinski definition) is 4. The minimum atomic E-state index is 0.161. The summed E-state index contributed by atoms with van der Waals surface area (Å²) in [7, 11) is 3.59. The summed E-state index contributed by atoms with van der Waals surface area (Å²) < 4.78 is 7.20. The molecule has 2 rings (SSSR count). The summed E-state index contributed by atoms with van der Waals surface area (Å²) in [6, 6.07) is 6.20. The van der Waals surface area contributed by atoms with Gasteiger partial charge in [-0.1, -0.05) is 13.0 Å². The van der Waals surface area contributed by atoms with Gasteiger partial charge in [-0.05, 0) is 25.1 Å². The number of rotatable bonds is 7. The van der Waals surface area contributed by atoms with E-state index in [1.165, 1.54) is 0 Å². The summed E-state index contributed by atoms with van der Waals surface area (Å²) in [5.41, 5.74) is 2.14. The van der Waals surface area contributed by atoms with Crippen molar-refractivity contribution >= 4 is 0 Å². The molecule has 0 aliphatic rings. The fraction of sp³-hybridized carbons (Fsp3) is 0.467. The summed E-state index contributed by atoms with van der Waals surface area (Å²) in [5, 5.41) is 8.00. The molecule has 0 saturated heterocycles. The van der Waals surface area contributed by atoms with Crippen LogP contribution in [0, 0.1) is 0 Å². The molecule has 5 heteroatoms. The zero-order valence-electron chi connectivity index (χ0n) is 12.3. The quantitative estimate of drug-likeness (QED) is 0.840. The van der Waals surface area contributed by atoms with Crippen LogP contribution >= 0.6 is 0 Å². The molecule has 1 atom stereocenters. The number of nitrogens with one attached hydrogen (secondary N) is 1. The topological polar surface area (TPSA) is 52.0 Å². The Morgan fingerprint density at radius 3 is 2.90 bits per heavy atom. The Labute approximate surface area is 120 Å². The number of ether oxygens (including phenoxy) is 1. The number of pyridine rings is 1. The first-order valence-corrected chi connectivity index (χ1v) is 6.95. The summed E-state index contributed by atoms with van der Waals surface area (Å²) in [4.78, 5) is 4.29. The molecule has 2 heterocycles. The molecule has 0 aliphatic carbocycles. The van der Waals surface area contributed by atoms with Crippen LogP contribution in [0.3, 0.4) is 0 Å². The van der Waals surface area contributed by atoms with Crippen LogP contribution in [-0.4, -0.2) is 28.4 Å². The molecule has 0 bridgehead atoms. The fourth-order valence-corrected chi connectivity index (χ4v) is 2.23. The molecule has 1 unspecified atom stereocenters. The van der Waals surface area contributed by atoms with E-state index in [0.29, 0.717) is 5.88 Å². The van der Waals surface area contributed by atoms with Crippen molar-refractivity contribution in [3.63, 3.8) is 0 Å². The van der Waals surface area contributed by atoms with Crippen LogP contribution < -0.4 is 10.1 Å². The van der Waals surface area contributed by atoms with E-state index in [4.69, 9.17) is 4.74 Å². The normalized spacial score (nSPS) is 12.3. The monoisotopic (exact) mass is 274 g/mol. The van der Waals surface area contributed by atoms with Gasteiger partial charge in [-0.15, -0.1) is 0 Å². The first-order valence-electron chi connectivity index (χ1n) is 6.95. The summed E-state index contributed by atoms with van der Waals surface area (Å²) in [5.74, 6) is 0.678. The number of aromatic nitrogens is 3. The molecule has 0 fully saturated rings. The Kier molecular flexibility index (Phi) is 5.12. The van der Waals surface area contributed by atoms with Gasteiger partial charge in [0.15, 0.2) is 0 Å². The van der Waals surface area contributed by atoms with E-state index < -0.39 is 0 Å². The van der Waals surface area contributed by atoms with E-state index in [9.17, 15) is 0 Å². The van der Waals surface area contributed by atoms with Gasteiger partial charge in [-0.3, -0.25) is 4.68 Å². The Morgan fingerprint density at radius 2 is 2.25 bits per heavy atom. The van der Waals surface area contributed by atoms with Crippen molar-refractivity contribution < 1.29 is 4.74 Å². The average molecular weight is 274 g/mol. The third-order valence-corrected chi connectivity index (χ3v) is 3.19. The van der Waals surface area contributed by atoms with Crippen LogP contribution in [0.2, 0.25) is 0 Å². The third-order valence-electron chi connectivity index (χ3n) is 3.19. The Morgan fingerprint density at radius 1 is 1.40 bits per heavy atom. The summed E-state index contributed by atoms with van der Waals surface area (Å²) >= 11 is 0. The van der Waals surface area contributed by atoms with Gasteiger partial charge in [0.05, 0.1) is 12.8 Å². The van der Waals surface area contributed by atoms with Crippen LogP contribution in [0.25, 0.3) is 0 Å². The van der Waals surface area contributed by atoms with Crippen molar-refractivity contribution in [1.82, 2.24) is 20.1 Å². The largest absolute Gasteiger partial charge is 0.481 e. The molecule has 1 N–H and O–H groups in total. The van der Waals surface area contributed by atoms with Crippen LogP contribution in [0.1, 0.15) is 30.6 Å². The summed E-state index contributed by atoms with van der Waals surface area (Å²) in [6.07, 6.45) is 5.62. The van der Waals surface area contributed by atoms with E-state index in [0.717, 1.165) is 30.6 Å². The highest BCUT2D eigenvalue weighted by atomic mass is 16.5. The molecule has 2 aromatic rings. The van der Waals surface area contributed by atoms with Crippen LogP contribution in [-0.2, 0) is 13.5 Å². The van der Waals surface area contributed by atoms with Gasteiger partial charge >= 0.3 is 0 Å². The Balaban J connectivity index is 2.22. The van der Waals surface area contributed by atoms with Gasteiger partial charge in [-0.2, -0.15) is 5.10 Å². The second-order valence-electron chi connectivity index (χ2n) is 4.79. The third kappa shape index (κ3) is 3.57. The number of aryl methyl sites for hydroxylation is 1. The summed E-state index contributed by atoms with van der Waals surface area (Å²) in [6.45, 7) is 3.11. The highest BCUT2D eigenvalue weighted by Gasteiger charge is 2.17. The van der Waals surface area contributed by atoms with Gasteiger partial charge in [0, 0.05) is 37.5 Å². The molecule has 20 heavy (non-hydrogen) atoms. The predicted molar refractivity (Wildman–Crippen MR) is 78.7 cm³/mol. The number of methoxy groups -OCH3 is 1. The van der Waals surface area contributed by atoms with Crippen LogP contribution in [0.4, 0.5) is 0 Å². The maximum atomic E-state index is 5.37. The SMILES string of the molecule is CCCNC(Cc1ccn(C)n1)c1cccnc1OC. The van der Waals surface area contributed by atoms with Crippen molar-refractivity contribution in [3.05, 3.63) is 41.9 Å². The lowest BCUT2D eigenvalue weighted by Crippen LogP contribution is -2.25. The van der Waals surface area contributed by atoms with Gasteiger partial charge in [0.25, 0.3) is 0 Å². The minimum Gasteiger partial charge on any atom is -0.481 e. The molecule has 0 radical (unpaired) electrons. The minimum absolute atomic E-state index is 0.161. The van der Waals surface area contributed by atoms with E-state index in [1.54, 1.807) is 13.3 Å². The molecule has 0 aromatic carbocycles. The molecular weight excluding hydrogens is 252 g/mol. The zero-order chi connectivity index (χ0) is 14.4. The molecule has 2 aromatic heterocycles. The maximum absolute atomic E-state index is 5.37. The van der Waals surface area contributed by atoms with Crippen LogP contribution in [0.15, 0.2) is 30.6 Å². The van der Waals surface area contributed by atoms with Crippen molar-refractivity contribution in [2.45, 2.75) is 25.8 Å². The molecule has 0 saturated carbocycles. The lowest BCUT2D eigenvalue weighted by molar-refractivity contribution is 0.381. The van der Waals surface area contributed by atoms with Crippen molar-refractivity contribution in [3.8, 4) is 5.88 Å². The smallest absolute Gasteiger partial charge is 0.217 e. The van der Waals surface area contributed by atoms with Crippen molar-refractivity contribution in [2.24, 2.45) is 7.05 Å². The van der Waals surface area contributed by atoms with Crippen molar-refractivity contribution in [1.29, 1.82) is 0 Å². The fourth-order valence-electron chi connectivity index (χ4n) is 2.23. The molecular formula is C15H22N4O. The van der Waals surface area contributed by atoms with Gasteiger partial charge in [0.2, 0.25) is 5.88 Å². The first kappa shape index (κ1) is 14.5. The lowest BCUT2D eigenvalue weighted by Gasteiger charge is -2.19.